The Morgan fingerprint density at radius 1 is 1.03 bits per heavy atom. The van der Waals surface area contributed by atoms with Crippen molar-refractivity contribution in [3.63, 3.8) is 0 Å². The smallest absolute Gasteiger partial charge is 0.318 e. The van der Waals surface area contributed by atoms with Crippen LogP contribution in [0.25, 0.3) is 10.9 Å². The zero-order chi connectivity index (χ0) is 25.8. The van der Waals surface area contributed by atoms with E-state index in [2.05, 4.69) is 22.4 Å². The molecule has 190 valence electrons. The maximum Gasteiger partial charge on any atom is 0.318 e. The topological polar surface area (TPSA) is 45.2 Å². The molecule has 37 heavy (non-hydrogen) atoms. The molecule has 1 atom stereocenters. The number of carbonyl (C=O) groups is 1. The maximum absolute atomic E-state index is 14.0. The molecule has 1 saturated carbocycles. The third-order valence-corrected chi connectivity index (χ3v) is 7.73. The summed E-state index contributed by atoms with van der Waals surface area (Å²) >= 11 is 6.04. The predicted octanol–water partition coefficient (Wildman–Crippen LogP) is 8.03. The van der Waals surface area contributed by atoms with Gasteiger partial charge >= 0.3 is 6.03 Å². The summed E-state index contributed by atoms with van der Waals surface area (Å²) in [4.78, 5) is 20.0. The molecule has 0 unspecified atom stereocenters. The zero-order valence-electron chi connectivity index (χ0n) is 20.9. The van der Waals surface area contributed by atoms with Gasteiger partial charge in [-0.2, -0.15) is 0 Å². The second kappa shape index (κ2) is 11.3. The largest absolute Gasteiger partial charge is 0.331 e. The molecule has 1 N–H and O–H groups in total. The first-order chi connectivity index (χ1) is 18.0. The van der Waals surface area contributed by atoms with Gasteiger partial charge in [0.05, 0.1) is 11.6 Å². The number of hydrogen-bond acceptors (Lipinski definition) is 2. The third kappa shape index (κ3) is 5.94. The van der Waals surface area contributed by atoms with Crippen LogP contribution in [0.1, 0.15) is 61.3 Å². The number of rotatable bonds is 6. The molecular weight excluding hydrogens is 485 g/mol. The van der Waals surface area contributed by atoms with E-state index in [1.807, 2.05) is 66.6 Å². The Bertz CT molecular complexity index is 1350. The molecule has 4 aromatic rings. The molecule has 1 aliphatic rings. The van der Waals surface area contributed by atoms with Crippen LogP contribution < -0.4 is 5.32 Å². The summed E-state index contributed by atoms with van der Waals surface area (Å²) in [5, 5.41) is 4.77. The Morgan fingerprint density at radius 3 is 2.49 bits per heavy atom. The summed E-state index contributed by atoms with van der Waals surface area (Å²) < 4.78 is 14.0. The van der Waals surface area contributed by atoms with Gasteiger partial charge in [0, 0.05) is 29.2 Å². The fourth-order valence-corrected chi connectivity index (χ4v) is 5.57. The van der Waals surface area contributed by atoms with Crippen molar-refractivity contribution in [3.05, 3.63) is 113 Å². The van der Waals surface area contributed by atoms with Gasteiger partial charge in [-0.1, -0.05) is 54.1 Å². The number of nitrogens with one attached hydrogen (secondary N) is 1. The first-order valence-corrected chi connectivity index (χ1v) is 13.3. The van der Waals surface area contributed by atoms with Gasteiger partial charge in [0.2, 0.25) is 0 Å². The highest BCUT2D eigenvalue weighted by molar-refractivity contribution is 6.30. The van der Waals surface area contributed by atoms with Crippen molar-refractivity contribution < 1.29 is 9.18 Å². The van der Waals surface area contributed by atoms with Gasteiger partial charge in [-0.25, -0.2) is 9.18 Å². The van der Waals surface area contributed by atoms with Gasteiger partial charge in [-0.3, -0.25) is 4.98 Å². The summed E-state index contributed by atoms with van der Waals surface area (Å²) in [6, 6.07) is 24.4. The summed E-state index contributed by atoms with van der Waals surface area (Å²) in [5.41, 5.74) is 4.09. The molecule has 0 radical (unpaired) electrons. The highest BCUT2D eigenvalue weighted by atomic mass is 35.5. The quantitative estimate of drug-likeness (QED) is 0.282. The Kier molecular flexibility index (Phi) is 7.71. The molecule has 1 aromatic heterocycles. The normalized spacial score (nSPS) is 18.4. The minimum atomic E-state index is -0.240. The lowest BCUT2D eigenvalue weighted by molar-refractivity contribution is 0.144. The number of carbonyl (C=O) groups excluding carboxylic acids is 1. The summed E-state index contributed by atoms with van der Waals surface area (Å²) in [6.45, 7) is 2.55. The van der Waals surface area contributed by atoms with Crippen LogP contribution in [-0.4, -0.2) is 22.0 Å². The molecule has 4 nitrogen and oxygen atoms in total. The lowest BCUT2D eigenvalue weighted by Gasteiger charge is -2.38. The summed E-state index contributed by atoms with van der Waals surface area (Å²) in [7, 11) is 0. The second-order valence-electron chi connectivity index (χ2n) is 9.90. The molecular formula is C31H31ClFN3O. The minimum Gasteiger partial charge on any atom is -0.331 e. The molecule has 0 spiro atoms. The third-order valence-electron chi connectivity index (χ3n) is 7.48. The molecule has 3 aromatic carbocycles. The lowest BCUT2D eigenvalue weighted by atomic mass is 9.80. The monoisotopic (exact) mass is 515 g/mol. The summed E-state index contributed by atoms with van der Waals surface area (Å²) in [6.07, 6.45) is 5.46. The van der Waals surface area contributed by atoms with Gasteiger partial charge in [-0.05, 0) is 91.6 Å². The molecule has 1 fully saturated rings. The van der Waals surface area contributed by atoms with E-state index in [1.54, 1.807) is 12.1 Å². The zero-order valence-corrected chi connectivity index (χ0v) is 21.7. The minimum absolute atomic E-state index is 0.0637. The molecule has 6 heteroatoms. The van der Waals surface area contributed by atoms with Crippen molar-refractivity contribution in [2.45, 2.75) is 57.2 Å². The average molecular weight is 516 g/mol. The number of urea groups is 1. The van der Waals surface area contributed by atoms with Crippen LogP contribution in [0.2, 0.25) is 5.02 Å². The number of pyridine rings is 1. The van der Waals surface area contributed by atoms with E-state index < -0.39 is 0 Å². The van der Waals surface area contributed by atoms with Crippen molar-refractivity contribution in [2.75, 3.05) is 0 Å². The number of fused-ring (bicyclic) bond motifs is 1. The van der Waals surface area contributed by atoms with E-state index in [9.17, 15) is 9.18 Å². The molecule has 0 saturated heterocycles. The van der Waals surface area contributed by atoms with Gasteiger partial charge in [-0.15, -0.1) is 0 Å². The van der Waals surface area contributed by atoms with E-state index in [0.29, 0.717) is 17.5 Å². The summed E-state index contributed by atoms with van der Waals surface area (Å²) in [5.74, 6) is 0.0779. The molecule has 0 bridgehead atoms. The van der Waals surface area contributed by atoms with Crippen LogP contribution in [0.5, 0.6) is 0 Å². The first-order valence-electron chi connectivity index (χ1n) is 12.9. The fourth-order valence-electron chi connectivity index (χ4n) is 5.44. The van der Waals surface area contributed by atoms with Gasteiger partial charge < -0.3 is 10.2 Å². The molecule has 5 rings (SSSR count). The molecule has 0 aliphatic heterocycles. The number of nitrogens with zero attached hydrogens (tertiary/aromatic N) is 2. The lowest BCUT2D eigenvalue weighted by Crippen LogP contribution is -2.47. The van der Waals surface area contributed by atoms with Crippen molar-refractivity contribution in [1.29, 1.82) is 0 Å². The van der Waals surface area contributed by atoms with Crippen LogP contribution in [0, 0.1) is 5.82 Å². The van der Waals surface area contributed by atoms with Crippen LogP contribution in [0.3, 0.4) is 0 Å². The highest BCUT2D eigenvalue weighted by Crippen LogP contribution is 2.38. The van der Waals surface area contributed by atoms with Crippen LogP contribution in [0.15, 0.2) is 85.1 Å². The fraction of sp³-hybridized carbons (Fsp3) is 0.290. The Morgan fingerprint density at radius 2 is 1.76 bits per heavy atom. The number of halogens is 2. The van der Waals surface area contributed by atoms with Crippen molar-refractivity contribution in [1.82, 2.24) is 15.2 Å². The molecule has 1 heterocycles. The van der Waals surface area contributed by atoms with Crippen molar-refractivity contribution >= 4 is 28.5 Å². The van der Waals surface area contributed by atoms with Crippen LogP contribution >= 0.6 is 11.6 Å². The van der Waals surface area contributed by atoms with Gasteiger partial charge in [0.25, 0.3) is 0 Å². The molecule has 1 aliphatic carbocycles. The standard InChI is InChI=1S/C31H31ClFN3O/c1-21(23-7-11-25(32)12-8-23)35-31(37)36(20-22-5-3-2-4-6-22)27-14-9-24(10-15-27)28-17-18-34-30-16-13-26(33)19-29(28)30/h2-8,11-13,16-19,21,24,27H,9-10,14-15,20H2,1H3,(H,35,37)/t21-,24-,27-/m0/s1. The molecule has 2 amide bonds. The maximum atomic E-state index is 14.0. The predicted molar refractivity (Wildman–Crippen MR) is 147 cm³/mol. The van der Waals surface area contributed by atoms with E-state index in [0.717, 1.165) is 53.3 Å². The first kappa shape index (κ1) is 25.2. The number of benzene rings is 3. The Hall–Kier alpha value is -3.44. The number of amides is 2. The van der Waals surface area contributed by atoms with Crippen molar-refractivity contribution in [2.24, 2.45) is 0 Å². The number of hydrogen-bond donors (Lipinski definition) is 1. The van der Waals surface area contributed by atoms with E-state index >= 15 is 0 Å². The van der Waals surface area contributed by atoms with Crippen LogP contribution in [-0.2, 0) is 6.54 Å². The van der Waals surface area contributed by atoms with Gasteiger partial charge in [0.1, 0.15) is 5.82 Å². The van der Waals surface area contributed by atoms with Crippen LogP contribution in [0.4, 0.5) is 9.18 Å². The Balaban J connectivity index is 1.32. The van der Waals surface area contributed by atoms with E-state index in [-0.39, 0.29) is 23.9 Å². The highest BCUT2D eigenvalue weighted by Gasteiger charge is 2.31. The Labute approximate surface area is 222 Å². The van der Waals surface area contributed by atoms with Crippen molar-refractivity contribution in [3.8, 4) is 0 Å². The average Bonchev–Trinajstić information content (AvgIpc) is 2.92. The van der Waals surface area contributed by atoms with E-state index in [1.165, 1.54) is 6.07 Å². The van der Waals surface area contributed by atoms with E-state index in [4.69, 9.17) is 11.6 Å². The SMILES string of the molecule is C[C@H](NC(=O)N(Cc1ccccc1)[C@H]1CC[C@H](c2ccnc3ccc(F)cc32)CC1)c1ccc(Cl)cc1. The van der Waals surface area contributed by atoms with Gasteiger partial charge in [0.15, 0.2) is 0 Å². The number of aromatic nitrogens is 1. The second-order valence-corrected chi connectivity index (χ2v) is 10.3.